The Balaban J connectivity index is 1.45. The fourth-order valence-corrected chi connectivity index (χ4v) is 4.94. The predicted octanol–water partition coefficient (Wildman–Crippen LogP) is 5.35. The van der Waals surface area contributed by atoms with E-state index in [0.717, 1.165) is 26.2 Å². The molecule has 3 heterocycles. The Labute approximate surface area is 191 Å². The number of nitrogens with zero attached hydrogens (tertiary/aromatic N) is 2. The first kappa shape index (κ1) is 20.2. The van der Waals surface area contributed by atoms with Crippen molar-refractivity contribution in [2.24, 2.45) is 0 Å². The van der Waals surface area contributed by atoms with Crippen molar-refractivity contribution in [2.45, 2.75) is 0 Å². The molecule has 5 rings (SSSR count). The van der Waals surface area contributed by atoms with E-state index in [-0.39, 0.29) is 5.91 Å². The van der Waals surface area contributed by atoms with Crippen LogP contribution in [0.1, 0.15) is 10.4 Å². The van der Waals surface area contributed by atoms with Gasteiger partial charge >= 0.3 is 0 Å². The molecule has 5 aromatic rings. The van der Waals surface area contributed by atoms with Crippen LogP contribution in [0.25, 0.3) is 31.7 Å². The number of hydrazine groups is 1. The molecule has 1 amide bonds. The number of para-hydroxylation sites is 1. The van der Waals surface area contributed by atoms with Crippen LogP contribution in [0.4, 0.5) is 5.13 Å². The summed E-state index contributed by atoms with van der Waals surface area (Å²) in [6.07, 6.45) is 0. The molecule has 0 unspecified atom stereocenters. The molecule has 7 nitrogen and oxygen atoms in total. The van der Waals surface area contributed by atoms with Crippen molar-refractivity contribution < 1.29 is 14.3 Å². The van der Waals surface area contributed by atoms with Crippen LogP contribution in [0.5, 0.6) is 11.5 Å². The summed E-state index contributed by atoms with van der Waals surface area (Å²) in [5.41, 5.74) is 8.46. The minimum atomic E-state index is -0.273. The number of anilines is 1. The number of pyridine rings is 1. The number of ether oxygens (including phenoxy) is 2. The second-order valence-corrected chi connectivity index (χ2v) is 8.80. The fourth-order valence-electron chi connectivity index (χ4n) is 3.39. The molecule has 0 radical (unpaired) electrons. The highest BCUT2D eigenvalue weighted by molar-refractivity contribution is 7.22. The molecule has 0 fully saturated rings. The summed E-state index contributed by atoms with van der Waals surface area (Å²) in [6, 6.07) is 17.0. The van der Waals surface area contributed by atoms with Crippen molar-refractivity contribution >= 4 is 54.8 Å². The number of aromatic nitrogens is 2. The molecule has 9 heteroatoms. The summed E-state index contributed by atoms with van der Waals surface area (Å²) in [5.74, 6) is 1.01. The van der Waals surface area contributed by atoms with Gasteiger partial charge in [0.25, 0.3) is 5.91 Å². The molecule has 0 spiro atoms. The van der Waals surface area contributed by atoms with Crippen LogP contribution >= 0.6 is 22.7 Å². The van der Waals surface area contributed by atoms with Crippen LogP contribution in [0.3, 0.4) is 0 Å². The first-order valence-electron chi connectivity index (χ1n) is 9.69. The standard InChI is InChI=1S/C23H18N4O3S2/c1-29-13-10-18(30-2)21-20(11-13)32-23(25-21)27-26-22(28)15-12-17(19-8-5-9-31-19)24-16-7-4-3-6-14(15)16/h3-12H,1-2H3,(H,25,27)(H,26,28). The monoisotopic (exact) mass is 462 g/mol. The smallest absolute Gasteiger partial charge is 0.270 e. The molecule has 0 aliphatic heterocycles. The van der Waals surface area contributed by atoms with Gasteiger partial charge in [-0.3, -0.25) is 15.6 Å². The van der Waals surface area contributed by atoms with Gasteiger partial charge in [-0.05, 0) is 29.6 Å². The highest BCUT2D eigenvalue weighted by Gasteiger charge is 2.16. The van der Waals surface area contributed by atoms with E-state index in [1.807, 2.05) is 53.9 Å². The molecular weight excluding hydrogens is 444 g/mol. The van der Waals surface area contributed by atoms with Gasteiger partial charge in [0, 0.05) is 11.5 Å². The summed E-state index contributed by atoms with van der Waals surface area (Å²) in [5, 5.41) is 3.31. The minimum Gasteiger partial charge on any atom is -0.497 e. The third-order valence-corrected chi connectivity index (χ3v) is 6.72. The van der Waals surface area contributed by atoms with Crippen molar-refractivity contribution in [3.63, 3.8) is 0 Å². The van der Waals surface area contributed by atoms with Crippen molar-refractivity contribution in [1.29, 1.82) is 0 Å². The lowest BCUT2D eigenvalue weighted by Crippen LogP contribution is -2.29. The number of methoxy groups -OCH3 is 2. The van der Waals surface area contributed by atoms with Crippen LogP contribution in [-0.4, -0.2) is 30.1 Å². The van der Waals surface area contributed by atoms with Crippen molar-refractivity contribution in [3.05, 3.63) is 65.5 Å². The zero-order valence-electron chi connectivity index (χ0n) is 17.2. The van der Waals surface area contributed by atoms with Crippen molar-refractivity contribution in [3.8, 4) is 22.1 Å². The average Bonchev–Trinajstić information content (AvgIpc) is 3.51. The lowest BCUT2D eigenvalue weighted by molar-refractivity contribution is 0.0964. The van der Waals surface area contributed by atoms with E-state index in [4.69, 9.17) is 14.5 Å². The van der Waals surface area contributed by atoms with E-state index in [9.17, 15) is 4.79 Å². The van der Waals surface area contributed by atoms with Gasteiger partial charge in [-0.15, -0.1) is 11.3 Å². The molecule has 0 saturated heterocycles. The third kappa shape index (κ3) is 3.72. The van der Waals surface area contributed by atoms with Crippen LogP contribution in [-0.2, 0) is 0 Å². The number of hydrogen-bond donors (Lipinski definition) is 2. The van der Waals surface area contributed by atoms with E-state index in [1.54, 1.807) is 31.6 Å². The largest absolute Gasteiger partial charge is 0.497 e. The van der Waals surface area contributed by atoms with E-state index in [0.29, 0.717) is 27.7 Å². The Bertz CT molecular complexity index is 1430. The number of amides is 1. The van der Waals surface area contributed by atoms with E-state index in [1.165, 1.54) is 11.3 Å². The Morgan fingerprint density at radius 1 is 1.00 bits per heavy atom. The number of carbonyl (C=O) groups is 1. The first-order chi connectivity index (χ1) is 15.7. The highest BCUT2D eigenvalue weighted by atomic mass is 32.1. The number of nitrogens with one attached hydrogen (secondary N) is 2. The lowest BCUT2D eigenvalue weighted by atomic mass is 10.1. The van der Waals surface area contributed by atoms with Gasteiger partial charge in [-0.25, -0.2) is 9.97 Å². The quantitative estimate of drug-likeness (QED) is 0.331. The number of fused-ring (bicyclic) bond motifs is 2. The van der Waals surface area contributed by atoms with Gasteiger partial charge in [-0.2, -0.15) is 0 Å². The molecule has 0 atom stereocenters. The molecule has 0 bridgehead atoms. The molecular formula is C23H18N4O3S2. The van der Waals surface area contributed by atoms with Crippen LogP contribution in [0, 0.1) is 0 Å². The average molecular weight is 463 g/mol. The molecule has 0 saturated carbocycles. The molecule has 32 heavy (non-hydrogen) atoms. The fraction of sp³-hybridized carbons (Fsp3) is 0.0870. The van der Waals surface area contributed by atoms with Gasteiger partial charge in [0.15, 0.2) is 0 Å². The predicted molar refractivity (Wildman–Crippen MR) is 129 cm³/mol. The van der Waals surface area contributed by atoms with Crippen LogP contribution < -0.4 is 20.3 Å². The number of benzene rings is 2. The number of carbonyl (C=O) groups excluding carboxylic acids is 1. The second-order valence-electron chi connectivity index (χ2n) is 6.82. The van der Waals surface area contributed by atoms with Crippen LogP contribution in [0.2, 0.25) is 0 Å². The van der Waals surface area contributed by atoms with Gasteiger partial charge in [-0.1, -0.05) is 35.6 Å². The van der Waals surface area contributed by atoms with Crippen molar-refractivity contribution in [2.75, 3.05) is 19.6 Å². The molecule has 0 aliphatic rings. The Kier molecular flexibility index (Phi) is 5.34. The summed E-state index contributed by atoms with van der Waals surface area (Å²) < 4.78 is 11.6. The Morgan fingerprint density at radius 3 is 2.66 bits per heavy atom. The first-order valence-corrected chi connectivity index (χ1v) is 11.4. The summed E-state index contributed by atoms with van der Waals surface area (Å²) >= 11 is 2.97. The van der Waals surface area contributed by atoms with Gasteiger partial charge in [0.05, 0.1) is 40.6 Å². The van der Waals surface area contributed by atoms with E-state index >= 15 is 0 Å². The topological polar surface area (TPSA) is 85.4 Å². The van der Waals surface area contributed by atoms with Crippen LogP contribution in [0.15, 0.2) is 60.0 Å². The summed E-state index contributed by atoms with van der Waals surface area (Å²) in [4.78, 5) is 23.4. The number of thiazole rings is 1. The zero-order valence-corrected chi connectivity index (χ0v) is 18.8. The van der Waals surface area contributed by atoms with E-state index in [2.05, 4.69) is 15.8 Å². The second kappa shape index (κ2) is 8.45. The van der Waals surface area contributed by atoms with E-state index < -0.39 is 0 Å². The third-order valence-electron chi connectivity index (χ3n) is 4.91. The Hall–Kier alpha value is -3.69. The maximum Gasteiger partial charge on any atom is 0.270 e. The van der Waals surface area contributed by atoms with Gasteiger partial charge in [0.1, 0.15) is 17.0 Å². The molecule has 2 aromatic carbocycles. The molecule has 3 aromatic heterocycles. The maximum absolute atomic E-state index is 13.1. The summed E-state index contributed by atoms with van der Waals surface area (Å²) in [7, 11) is 3.19. The summed E-state index contributed by atoms with van der Waals surface area (Å²) in [6.45, 7) is 0. The number of hydrogen-bond acceptors (Lipinski definition) is 8. The van der Waals surface area contributed by atoms with Crippen molar-refractivity contribution in [1.82, 2.24) is 15.4 Å². The number of thiophene rings is 1. The molecule has 2 N–H and O–H groups in total. The molecule has 0 aliphatic carbocycles. The maximum atomic E-state index is 13.1. The minimum absolute atomic E-state index is 0.273. The zero-order chi connectivity index (χ0) is 22.1. The van der Waals surface area contributed by atoms with Gasteiger partial charge in [0.2, 0.25) is 5.13 Å². The SMILES string of the molecule is COc1cc(OC)c2nc(NNC(=O)c3cc(-c4cccs4)nc4ccccc34)sc2c1. The normalized spacial score (nSPS) is 10.9. The Morgan fingerprint density at radius 2 is 1.88 bits per heavy atom. The number of rotatable bonds is 6. The lowest BCUT2D eigenvalue weighted by Gasteiger charge is -2.10. The molecule has 160 valence electrons. The highest BCUT2D eigenvalue weighted by Crippen LogP contribution is 2.36. The van der Waals surface area contributed by atoms with Gasteiger partial charge < -0.3 is 9.47 Å².